The predicted octanol–water partition coefficient (Wildman–Crippen LogP) is 2.92. The zero-order valence-electron chi connectivity index (χ0n) is 18.9. The average Bonchev–Trinajstić information content (AvgIpc) is 2.88. The maximum Gasteiger partial charge on any atom is 0.255 e. The molecule has 2 aromatic heterocycles. The van der Waals surface area contributed by atoms with Gasteiger partial charge in [-0.15, -0.1) is 0 Å². The Labute approximate surface area is 198 Å². The molecule has 0 aliphatic carbocycles. The van der Waals surface area contributed by atoms with Crippen LogP contribution in [-0.4, -0.2) is 66.1 Å². The highest BCUT2D eigenvalue weighted by molar-refractivity contribution is 6.04. The van der Waals surface area contributed by atoms with Gasteiger partial charge in [0.05, 0.1) is 13.2 Å². The second kappa shape index (κ2) is 11.9. The Bertz CT molecular complexity index is 1100. The number of rotatable bonds is 9. The number of amides is 2. The van der Waals surface area contributed by atoms with Crippen LogP contribution in [0.2, 0.25) is 0 Å². The molecule has 3 N–H and O–H groups in total. The van der Waals surface area contributed by atoms with Gasteiger partial charge in [0, 0.05) is 66.8 Å². The summed E-state index contributed by atoms with van der Waals surface area (Å²) in [5.41, 5.74) is 2.42. The van der Waals surface area contributed by atoms with Gasteiger partial charge in [0.15, 0.2) is 0 Å². The molecule has 2 amide bonds. The van der Waals surface area contributed by atoms with Gasteiger partial charge in [0.1, 0.15) is 5.82 Å². The van der Waals surface area contributed by atoms with Crippen molar-refractivity contribution in [2.45, 2.75) is 6.42 Å². The molecule has 1 aromatic carbocycles. The quantitative estimate of drug-likeness (QED) is 0.421. The number of hydrogen-bond donors (Lipinski definition) is 3. The molecular weight excluding hydrogens is 432 g/mol. The Kier molecular flexibility index (Phi) is 8.15. The van der Waals surface area contributed by atoms with Crippen LogP contribution < -0.4 is 16.0 Å². The van der Waals surface area contributed by atoms with E-state index in [1.807, 2.05) is 12.1 Å². The highest BCUT2D eigenvalue weighted by Gasteiger charge is 2.11. The largest absolute Gasteiger partial charge is 0.379 e. The van der Waals surface area contributed by atoms with E-state index in [2.05, 4.69) is 30.8 Å². The SMILES string of the molecule is O=C(NCCCN1CCOCC1)c1cccc(Nc2cc(NC(=O)c3ccncc3)ccn2)c1. The van der Waals surface area contributed by atoms with Crippen LogP contribution in [0.4, 0.5) is 17.2 Å². The summed E-state index contributed by atoms with van der Waals surface area (Å²) >= 11 is 0. The first-order chi connectivity index (χ1) is 16.7. The molecule has 4 rings (SSSR count). The zero-order valence-corrected chi connectivity index (χ0v) is 18.9. The highest BCUT2D eigenvalue weighted by Crippen LogP contribution is 2.19. The van der Waals surface area contributed by atoms with Crippen LogP contribution in [0.1, 0.15) is 27.1 Å². The summed E-state index contributed by atoms with van der Waals surface area (Å²) in [7, 11) is 0. The number of pyridine rings is 2. The number of aromatic nitrogens is 2. The van der Waals surface area contributed by atoms with E-state index in [4.69, 9.17) is 4.74 Å². The van der Waals surface area contributed by atoms with Gasteiger partial charge < -0.3 is 20.7 Å². The minimum absolute atomic E-state index is 0.114. The molecule has 1 aliphatic rings. The number of ether oxygens (including phenoxy) is 1. The Balaban J connectivity index is 1.30. The molecule has 9 heteroatoms. The lowest BCUT2D eigenvalue weighted by Crippen LogP contribution is -2.38. The van der Waals surface area contributed by atoms with E-state index in [0.717, 1.165) is 45.0 Å². The average molecular weight is 461 g/mol. The van der Waals surface area contributed by atoms with E-state index in [1.54, 1.807) is 55.0 Å². The van der Waals surface area contributed by atoms with Crippen LogP contribution in [0.15, 0.2) is 67.1 Å². The highest BCUT2D eigenvalue weighted by atomic mass is 16.5. The molecule has 0 spiro atoms. The Morgan fingerprint density at radius 2 is 1.74 bits per heavy atom. The molecule has 1 fully saturated rings. The van der Waals surface area contributed by atoms with Gasteiger partial charge in [-0.05, 0) is 49.4 Å². The summed E-state index contributed by atoms with van der Waals surface area (Å²) in [6.45, 7) is 5.02. The molecule has 0 unspecified atom stereocenters. The second-order valence-electron chi connectivity index (χ2n) is 7.89. The van der Waals surface area contributed by atoms with Crippen molar-refractivity contribution in [2.75, 3.05) is 50.0 Å². The Hall–Kier alpha value is -3.82. The molecule has 9 nitrogen and oxygen atoms in total. The monoisotopic (exact) mass is 460 g/mol. The van der Waals surface area contributed by atoms with Crippen molar-refractivity contribution in [2.24, 2.45) is 0 Å². The van der Waals surface area contributed by atoms with E-state index >= 15 is 0 Å². The zero-order chi connectivity index (χ0) is 23.6. The normalized spacial score (nSPS) is 13.8. The summed E-state index contributed by atoms with van der Waals surface area (Å²) in [4.78, 5) is 35.5. The van der Waals surface area contributed by atoms with Crippen LogP contribution in [0, 0.1) is 0 Å². The van der Waals surface area contributed by atoms with Crippen molar-refractivity contribution in [3.05, 3.63) is 78.2 Å². The molecule has 0 bridgehead atoms. The van der Waals surface area contributed by atoms with Crippen molar-refractivity contribution in [3.63, 3.8) is 0 Å². The van der Waals surface area contributed by atoms with Crippen molar-refractivity contribution in [3.8, 4) is 0 Å². The van der Waals surface area contributed by atoms with E-state index in [-0.39, 0.29) is 11.8 Å². The minimum Gasteiger partial charge on any atom is -0.379 e. The Morgan fingerprint density at radius 3 is 2.56 bits per heavy atom. The van der Waals surface area contributed by atoms with Gasteiger partial charge in [-0.1, -0.05) is 6.07 Å². The molecule has 0 radical (unpaired) electrons. The van der Waals surface area contributed by atoms with Gasteiger partial charge in [0.25, 0.3) is 11.8 Å². The van der Waals surface area contributed by atoms with E-state index in [1.165, 1.54) is 0 Å². The number of nitrogens with zero attached hydrogens (tertiary/aromatic N) is 3. The van der Waals surface area contributed by atoms with Crippen molar-refractivity contribution >= 4 is 29.0 Å². The lowest BCUT2D eigenvalue weighted by Gasteiger charge is -2.26. The van der Waals surface area contributed by atoms with E-state index in [0.29, 0.717) is 29.2 Å². The summed E-state index contributed by atoms with van der Waals surface area (Å²) in [5, 5.41) is 9.02. The van der Waals surface area contributed by atoms with Gasteiger partial charge in [-0.2, -0.15) is 0 Å². The van der Waals surface area contributed by atoms with Crippen LogP contribution in [0.25, 0.3) is 0 Å². The topological polar surface area (TPSA) is 108 Å². The summed E-state index contributed by atoms with van der Waals surface area (Å²) in [5.74, 6) is 0.208. The molecule has 34 heavy (non-hydrogen) atoms. The van der Waals surface area contributed by atoms with Crippen LogP contribution in [-0.2, 0) is 4.74 Å². The minimum atomic E-state index is -0.230. The first-order valence-electron chi connectivity index (χ1n) is 11.3. The maximum atomic E-state index is 12.6. The van der Waals surface area contributed by atoms with Gasteiger partial charge >= 0.3 is 0 Å². The summed E-state index contributed by atoms with van der Waals surface area (Å²) in [6, 6.07) is 14.0. The van der Waals surface area contributed by atoms with Crippen LogP contribution >= 0.6 is 0 Å². The first kappa shape index (κ1) is 23.3. The fraction of sp³-hybridized carbons (Fsp3) is 0.280. The van der Waals surface area contributed by atoms with Crippen LogP contribution in [0.5, 0.6) is 0 Å². The number of anilines is 3. The molecule has 0 atom stereocenters. The van der Waals surface area contributed by atoms with Gasteiger partial charge in [-0.25, -0.2) is 4.98 Å². The maximum absolute atomic E-state index is 12.6. The van der Waals surface area contributed by atoms with E-state index in [9.17, 15) is 9.59 Å². The van der Waals surface area contributed by atoms with Gasteiger partial charge in [0.2, 0.25) is 0 Å². The third-order valence-corrected chi connectivity index (χ3v) is 5.40. The molecular formula is C25H28N6O3. The predicted molar refractivity (Wildman–Crippen MR) is 130 cm³/mol. The third kappa shape index (κ3) is 6.84. The lowest BCUT2D eigenvalue weighted by molar-refractivity contribution is 0.0374. The summed E-state index contributed by atoms with van der Waals surface area (Å²) < 4.78 is 5.36. The van der Waals surface area contributed by atoms with Gasteiger partial charge in [-0.3, -0.25) is 19.5 Å². The van der Waals surface area contributed by atoms with Crippen LogP contribution in [0.3, 0.4) is 0 Å². The molecule has 3 heterocycles. The number of nitrogens with one attached hydrogen (secondary N) is 3. The number of carbonyl (C=O) groups is 2. The van der Waals surface area contributed by atoms with Crippen molar-refractivity contribution in [1.29, 1.82) is 0 Å². The molecule has 0 saturated carbocycles. The molecule has 176 valence electrons. The standard InChI is InChI=1S/C25H28N6O3/c32-24(28-8-2-12-31-13-15-34-16-14-31)20-3-1-4-21(17-20)29-23-18-22(7-11-27-23)30-25(33)19-5-9-26-10-6-19/h1,3-7,9-11,17-18H,2,8,12-16H2,(H,28,32)(H2,27,29,30,33). The van der Waals surface area contributed by atoms with Crippen molar-refractivity contribution in [1.82, 2.24) is 20.2 Å². The molecule has 1 aliphatic heterocycles. The third-order valence-electron chi connectivity index (χ3n) is 5.40. The fourth-order valence-corrected chi connectivity index (χ4v) is 3.60. The second-order valence-corrected chi connectivity index (χ2v) is 7.89. The smallest absolute Gasteiger partial charge is 0.255 e. The van der Waals surface area contributed by atoms with E-state index < -0.39 is 0 Å². The Morgan fingerprint density at radius 1 is 0.912 bits per heavy atom. The lowest BCUT2D eigenvalue weighted by atomic mass is 10.2. The molecule has 1 saturated heterocycles. The molecule has 3 aromatic rings. The first-order valence-corrected chi connectivity index (χ1v) is 11.3. The van der Waals surface area contributed by atoms with Crippen molar-refractivity contribution < 1.29 is 14.3 Å². The number of morpholine rings is 1. The number of hydrogen-bond acceptors (Lipinski definition) is 7. The summed E-state index contributed by atoms with van der Waals surface area (Å²) in [6.07, 6.45) is 5.64. The number of carbonyl (C=O) groups excluding carboxylic acids is 2. The fourth-order valence-electron chi connectivity index (χ4n) is 3.60. The number of benzene rings is 1.